The van der Waals surface area contributed by atoms with Crippen molar-refractivity contribution in [2.45, 2.75) is 13.5 Å². The average Bonchev–Trinajstić information content (AvgIpc) is 2.72. The number of halogens is 1. The summed E-state index contributed by atoms with van der Waals surface area (Å²) in [6.45, 7) is 2.27. The maximum absolute atomic E-state index is 11.0. The van der Waals surface area contributed by atoms with Crippen molar-refractivity contribution in [3.63, 3.8) is 0 Å². The van der Waals surface area contributed by atoms with Gasteiger partial charge in [-0.3, -0.25) is 4.57 Å². The van der Waals surface area contributed by atoms with Gasteiger partial charge >= 0.3 is 12.0 Å². The van der Waals surface area contributed by atoms with Crippen LogP contribution >= 0.6 is 11.6 Å². The Morgan fingerprint density at radius 3 is 2.94 bits per heavy atom. The number of aromatic nitrogens is 2. The number of carboxylic acid groups (broad SMARTS) is 1. The Morgan fingerprint density at radius 2 is 2.33 bits per heavy atom. The van der Waals surface area contributed by atoms with E-state index in [0.717, 1.165) is 0 Å². The Kier molecular flexibility index (Phi) is 3.53. The molecule has 0 atom stereocenters. The second-order valence-corrected chi connectivity index (χ2v) is 3.97. The third-order valence-electron chi connectivity index (χ3n) is 2.36. The minimum absolute atomic E-state index is 0.0922. The van der Waals surface area contributed by atoms with Gasteiger partial charge in [0.1, 0.15) is 11.4 Å². The fourth-order valence-corrected chi connectivity index (χ4v) is 1.73. The highest BCUT2D eigenvalue weighted by Crippen LogP contribution is 2.24. The van der Waals surface area contributed by atoms with Crippen LogP contribution in [-0.4, -0.2) is 20.6 Å². The van der Waals surface area contributed by atoms with Gasteiger partial charge in [-0.2, -0.15) is 0 Å². The lowest BCUT2D eigenvalue weighted by Gasteiger charge is -2.08. The smallest absolute Gasteiger partial charge is 0.354 e. The molecule has 5 nitrogen and oxygen atoms in total. The number of rotatable bonds is 4. The molecule has 6 heteroatoms. The first-order valence-corrected chi connectivity index (χ1v) is 5.72. The zero-order chi connectivity index (χ0) is 13.1. The van der Waals surface area contributed by atoms with Gasteiger partial charge in [0.15, 0.2) is 0 Å². The van der Waals surface area contributed by atoms with Gasteiger partial charge in [-0.1, -0.05) is 17.7 Å². The molecule has 0 bridgehead atoms. The second-order valence-electron chi connectivity index (χ2n) is 3.53. The molecule has 0 unspecified atom stereocenters. The molecule has 0 amide bonds. The first-order valence-electron chi connectivity index (χ1n) is 5.34. The molecule has 1 N–H and O–H groups in total. The van der Waals surface area contributed by atoms with Gasteiger partial charge in [-0.05, 0) is 25.1 Å². The molecule has 0 spiro atoms. The summed E-state index contributed by atoms with van der Waals surface area (Å²) in [5.74, 6) is -0.523. The van der Waals surface area contributed by atoms with Gasteiger partial charge in [0, 0.05) is 11.6 Å². The van der Waals surface area contributed by atoms with Crippen molar-refractivity contribution in [1.82, 2.24) is 9.55 Å². The molecule has 2 rings (SSSR count). The predicted octanol–water partition coefficient (Wildman–Crippen LogP) is 3.05. The zero-order valence-corrected chi connectivity index (χ0v) is 10.4. The Morgan fingerprint density at radius 1 is 1.56 bits per heavy atom. The third-order valence-corrected chi connectivity index (χ3v) is 2.59. The lowest BCUT2D eigenvalue weighted by Crippen LogP contribution is -2.08. The van der Waals surface area contributed by atoms with Crippen LogP contribution in [0.3, 0.4) is 0 Å². The van der Waals surface area contributed by atoms with E-state index in [2.05, 4.69) is 4.98 Å². The van der Waals surface area contributed by atoms with Crippen LogP contribution in [0.15, 0.2) is 30.5 Å². The molecular formula is C12H11ClN2O3. The van der Waals surface area contributed by atoms with Gasteiger partial charge < -0.3 is 9.84 Å². The number of benzene rings is 1. The molecule has 0 aliphatic rings. The van der Waals surface area contributed by atoms with Gasteiger partial charge in [-0.15, -0.1) is 0 Å². The molecule has 1 aromatic heterocycles. The van der Waals surface area contributed by atoms with Crippen LogP contribution in [0.1, 0.15) is 17.4 Å². The maximum atomic E-state index is 11.0. The van der Waals surface area contributed by atoms with Crippen molar-refractivity contribution in [2.75, 3.05) is 0 Å². The summed E-state index contributed by atoms with van der Waals surface area (Å²) in [5, 5.41) is 9.52. The zero-order valence-electron chi connectivity index (χ0n) is 9.63. The average molecular weight is 267 g/mol. The van der Waals surface area contributed by atoms with E-state index in [0.29, 0.717) is 17.3 Å². The minimum Gasteiger partial charge on any atom is -0.477 e. The Balaban J connectivity index is 2.32. The summed E-state index contributed by atoms with van der Waals surface area (Å²) in [5.41, 5.74) is 0.0922. The highest BCUT2D eigenvalue weighted by atomic mass is 35.5. The van der Waals surface area contributed by atoms with Crippen LogP contribution in [0.25, 0.3) is 0 Å². The number of imidazole rings is 1. The van der Waals surface area contributed by atoms with Crippen LogP contribution < -0.4 is 4.74 Å². The van der Waals surface area contributed by atoms with Crippen molar-refractivity contribution in [2.24, 2.45) is 0 Å². The fourth-order valence-electron chi connectivity index (χ4n) is 1.55. The van der Waals surface area contributed by atoms with Gasteiger partial charge in [0.2, 0.25) is 0 Å². The molecule has 0 fully saturated rings. The summed E-state index contributed by atoms with van der Waals surface area (Å²) in [7, 11) is 0. The van der Waals surface area contributed by atoms with Crippen LogP contribution in [0, 0.1) is 0 Å². The Labute approximate surface area is 109 Å². The quantitative estimate of drug-likeness (QED) is 0.924. The van der Waals surface area contributed by atoms with E-state index in [1.165, 1.54) is 10.8 Å². The molecule has 0 radical (unpaired) electrons. The van der Waals surface area contributed by atoms with Crippen molar-refractivity contribution < 1.29 is 14.6 Å². The predicted molar refractivity (Wildman–Crippen MR) is 66.4 cm³/mol. The Hall–Kier alpha value is -2.01. The lowest BCUT2D eigenvalue weighted by molar-refractivity contribution is 0.0684. The first-order chi connectivity index (χ1) is 8.61. The summed E-state index contributed by atoms with van der Waals surface area (Å²) in [6, 6.07) is 7.06. The molecule has 0 aliphatic heterocycles. The van der Waals surface area contributed by atoms with Crippen molar-refractivity contribution in [1.29, 1.82) is 0 Å². The van der Waals surface area contributed by atoms with E-state index in [-0.39, 0.29) is 11.7 Å². The van der Waals surface area contributed by atoms with Gasteiger partial charge in [0.25, 0.3) is 0 Å². The molecule has 1 aromatic carbocycles. The standard InChI is InChI=1S/C12H11ClN2O3/c1-2-15-10(11(16)17)7-14-12(15)18-9-5-3-4-8(13)6-9/h3-7H,2H2,1H3,(H,16,17). The first kappa shape index (κ1) is 12.4. The molecule has 18 heavy (non-hydrogen) atoms. The highest BCUT2D eigenvalue weighted by Gasteiger charge is 2.15. The number of nitrogens with zero attached hydrogens (tertiary/aromatic N) is 2. The van der Waals surface area contributed by atoms with Crippen LogP contribution in [0.2, 0.25) is 5.02 Å². The van der Waals surface area contributed by atoms with E-state index in [4.69, 9.17) is 21.4 Å². The number of ether oxygens (including phenoxy) is 1. The highest BCUT2D eigenvalue weighted by molar-refractivity contribution is 6.30. The topological polar surface area (TPSA) is 64.4 Å². The largest absolute Gasteiger partial charge is 0.477 e. The fraction of sp³-hybridized carbons (Fsp3) is 0.167. The number of carboxylic acids is 1. The summed E-state index contributed by atoms with van der Waals surface area (Å²) >= 11 is 5.84. The molecule has 94 valence electrons. The van der Waals surface area contributed by atoms with Crippen LogP contribution in [-0.2, 0) is 6.54 Å². The van der Waals surface area contributed by atoms with E-state index in [1.54, 1.807) is 24.3 Å². The number of hydrogen-bond donors (Lipinski definition) is 1. The second kappa shape index (κ2) is 5.10. The van der Waals surface area contributed by atoms with E-state index < -0.39 is 5.97 Å². The summed E-state index contributed by atoms with van der Waals surface area (Å²) in [4.78, 5) is 14.9. The molecular weight excluding hydrogens is 256 g/mol. The van der Waals surface area contributed by atoms with Gasteiger partial charge in [0.05, 0.1) is 6.20 Å². The van der Waals surface area contributed by atoms with Gasteiger partial charge in [-0.25, -0.2) is 9.78 Å². The normalized spacial score (nSPS) is 10.3. The van der Waals surface area contributed by atoms with Crippen LogP contribution in [0.4, 0.5) is 0 Å². The minimum atomic E-state index is -1.04. The van der Waals surface area contributed by atoms with E-state index in [9.17, 15) is 4.79 Å². The van der Waals surface area contributed by atoms with E-state index >= 15 is 0 Å². The summed E-state index contributed by atoms with van der Waals surface area (Å²) < 4.78 is 6.99. The molecule has 0 saturated carbocycles. The number of aromatic carboxylic acids is 1. The molecule has 2 aromatic rings. The number of hydrogen-bond acceptors (Lipinski definition) is 3. The molecule has 1 heterocycles. The Bertz CT molecular complexity index is 580. The van der Waals surface area contributed by atoms with Crippen molar-refractivity contribution in [3.05, 3.63) is 41.2 Å². The SMILES string of the molecule is CCn1c(C(=O)O)cnc1Oc1cccc(Cl)c1. The van der Waals surface area contributed by atoms with Crippen LogP contribution in [0.5, 0.6) is 11.8 Å². The van der Waals surface area contributed by atoms with Crippen molar-refractivity contribution >= 4 is 17.6 Å². The molecule has 0 saturated heterocycles. The van der Waals surface area contributed by atoms with E-state index in [1.807, 2.05) is 6.92 Å². The maximum Gasteiger partial charge on any atom is 0.354 e. The third kappa shape index (κ3) is 2.46. The number of carbonyl (C=O) groups is 1. The molecule has 0 aliphatic carbocycles. The lowest BCUT2D eigenvalue weighted by atomic mass is 10.3. The van der Waals surface area contributed by atoms with Crippen molar-refractivity contribution in [3.8, 4) is 11.8 Å². The monoisotopic (exact) mass is 266 g/mol. The summed E-state index contributed by atoms with van der Waals surface area (Å²) in [6.07, 6.45) is 1.27.